The largest absolute Gasteiger partial charge is 0.417 e. The molecule has 0 amide bonds. The summed E-state index contributed by atoms with van der Waals surface area (Å²) in [6.07, 6.45) is -2.39. The molecule has 1 aromatic rings. The van der Waals surface area contributed by atoms with Crippen molar-refractivity contribution in [1.29, 1.82) is 0 Å². The summed E-state index contributed by atoms with van der Waals surface area (Å²) in [6.45, 7) is 4.27. The molecule has 0 radical (unpaired) electrons. The first kappa shape index (κ1) is 16.8. The molecule has 0 spiro atoms. The van der Waals surface area contributed by atoms with Crippen molar-refractivity contribution in [3.8, 4) is 0 Å². The number of rotatable bonds is 2. The van der Waals surface area contributed by atoms with Gasteiger partial charge in [0.1, 0.15) is 0 Å². The zero-order valence-electron chi connectivity index (χ0n) is 12.1. The minimum absolute atomic E-state index is 0.0105. The highest BCUT2D eigenvalue weighted by atomic mass is 79.9. The molecular weight excluding hydrogens is 345 g/mol. The van der Waals surface area contributed by atoms with Gasteiger partial charge in [-0.05, 0) is 54.7 Å². The summed E-state index contributed by atoms with van der Waals surface area (Å²) in [6, 6.07) is 4.02. The van der Waals surface area contributed by atoms with Gasteiger partial charge in [-0.2, -0.15) is 13.2 Å². The van der Waals surface area contributed by atoms with Crippen molar-refractivity contribution < 1.29 is 18.3 Å². The van der Waals surface area contributed by atoms with E-state index in [9.17, 15) is 18.3 Å². The number of benzene rings is 1. The van der Waals surface area contributed by atoms with E-state index in [0.29, 0.717) is 17.4 Å². The maximum atomic E-state index is 12.9. The maximum Gasteiger partial charge on any atom is 0.417 e. The third-order valence-corrected chi connectivity index (χ3v) is 4.99. The standard InChI is InChI=1S/C16H20BrF3O/c1-9-5-10(2)7-12(6-9)15(21)11-3-4-14(17)13(8-11)16(18,19)20/h3-4,8-10,12,15,21H,5-7H2,1-2H3. The predicted octanol–water partition coefficient (Wildman–Crippen LogP) is 5.57. The summed E-state index contributed by atoms with van der Waals surface area (Å²) in [4.78, 5) is 0. The highest BCUT2D eigenvalue weighted by molar-refractivity contribution is 9.10. The van der Waals surface area contributed by atoms with Gasteiger partial charge in [-0.25, -0.2) is 0 Å². The molecule has 0 aromatic heterocycles. The minimum atomic E-state index is -4.41. The van der Waals surface area contributed by atoms with Crippen LogP contribution in [0.4, 0.5) is 13.2 Å². The Balaban J connectivity index is 2.25. The van der Waals surface area contributed by atoms with Crippen molar-refractivity contribution in [2.24, 2.45) is 17.8 Å². The molecule has 0 heterocycles. The molecule has 1 N–H and O–H groups in total. The molecule has 0 saturated heterocycles. The smallest absolute Gasteiger partial charge is 0.388 e. The number of hydrogen-bond donors (Lipinski definition) is 1. The van der Waals surface area contributed by atoms with Gasteiger partial charge in [0.15, 0.2) is 0 Å². The van der Waals surface area contributed by atoms with Crippen LogP contribution in [0.1, 0.15) is 50.3 Å². The predicted molar refractivity (Wildman–Crippen MR) is 79.8 cm³/mol. The molecule has 1 fully saturated rings. The first-order chi connectivity index (χ1) is 9.68. The van der Waals surface area contributed by atoms with Crippen molar-refractivity contribution in [3.63, 3.8) is 0 Å². The Bertz CT molecular complexity index is 491. The van der Waals surface area contributed by atoms with Gasteiger partial charge in [0, 0.05) is 4.47 Å². The Morgan fingerprint density at radius 3 is 2.24 bits per heavy atom. The number of aliphatic hydroxyl groups excluding tert-OH is 1. The fourth-order valence-electron chi connectivity index (χ4n) is 3.48. The van der Waals surface area contributed by atoms with E-state index in [4.69, 9.17) is 0 Å². The van der Waals surface area contributed by atoms with Crippen molar-refractivity contribution >= 4 is 15.9 Å². The van der Waals surface area contributed by atoms with E-state index < -0.39 is 17.8 Å². The van der Waals surface area contributed by atoms with Crippen molar-refractivity contribution in [3.05, 3.63) is 33.8 Å². The van der Waals surface area contributed by atoms with E-state index in [1.54, 1.807) is 6.07 Å². The SMILES string of the molecule is CC1CC(C)CC(C(O)c2ccc(Br)c(C(F)(F)F)c2)C1. The maximum absolute atomic E-state index is 12.9. The number of aliphatic hydroxyl groups is 1. The fourth-order valence-corrected chi connectivity index (χ4v) is 3.95. The molecule has 1 aliphatic carbocycles. The van der Waals surface area contributed by atoms with E-state index >= 15 is 0 Å². The van der Waals surface area contributed by atoms with Crippen LogP contribution < -0.4 is 0 Å². The second kappa shape index (κ2) is 6.29. The van der Waals surface area contributed by atoms with Crippen LogP contribution in [0.25, 0.3) is 0 Å². The van der Waals surface area contributed by atoms with Gasteiger partial charge in [0.05, 0.1) is 11.7 Å². The molecule has 1 saturated carbocycles. The molecular formula is C16H20BrF3O. The zero-order chi connectivity index (χ0) is 15.8. The summed E-state index contributed by atoms with van der Waals surface area (Å²) in [5.74, 6) is 1.04. The minimum Gasteiger partial charge on any atom is -0.388 e. The molecule has 0 bridgehead atoms. The summed E-state index contributed by atoms with van der Waals surface area (Å²) in [5.41, 5.74) is -0.368. The molecule has 1 nitrogen and oxygen atoms in total. The fraction of sp³-hybridized carbons (Fsp3) is 0.625. The van der Waals surface area contributed by atoms with Gasteiger partial charge in [-0.3, -0.25) is 0 Å². The Morgan fingerprint density at radius 1 is 1.14 bits per heavy atom. The van der Waals surface area contributed by atoms with Gasteiger partial charge in [0.25, 0.3) is 0 Å². The molecule has 5 heteroatoms. The molecule has 3 atom stereocenters. The van der Waals surface area contributed by atoms with Gasteiger partial charge in [-0.15, -0.1) is 0 Å². The summed E-state index contributed by atoms with van der Waals surface area (Å²) >= 11 is 2.93. The lowest BCUT2D eigenvalue weighted by Crippen LogP contribution is -2.25. The average Bonchev–Trinajstić information content (AvgIpc) is 2.36. The summed E-state index contributed by atoms with van der Waals surface area (Å²) in [5, 5.41) is 10.5. The Labute approximate surface area is 131 Å². The first-order valence-corrected chi connectivity index (χ1v) is 8.02. The Kier molecular flexibility index (Phi) is 5.03. The monoisotopic (exact) mass is 364 g/mol. The van der Waals surface area contributed by atoms with E-state index in [-0.39, 0.29) is 10.4 Å². The van der Waals surface area contributed by atoms with Crippen LogP contribution in [0.3, 0.4) is 0 Å². The van der Waals surface area contributed by atoms with Gasteiger partial charge in [0.2, 0.25) is 0 Å². The van der Waals surface area contributed by atoms with Crippen LogP contribution >= 0.6 is 15.9 Å². The van der Waals surface area contributed by atoms with Crippen molar-refractivity contribution in [1.82, 2.24) is 0 Å². The number of hydrogen-bond acceptors (Lipinski definition) is 1. The van der Waals surface area contributed by atoms with Crippen molar-refractivity contribution in [2.75, 3.05) is 0 Å². The Morgan fingerprint density at radius 2 is 1.71 bits per heavy atom. The summed E-state index contributed by atoms with van der Waals surface area (Å²) < 4.78 is 38.9. The number of halogens is 4. The van der Waals surface area contributed by atoms with Crippen LogP contribution in [-0.4, -0.2) is 5.11 Å². The van der Waals surface area contributed by atoms with Crippen LogP contribution in [0, 0.1) is 17.8 Å². The third-order valence-electron chi connectivity index (χ3n) is 4.30. The van der Waals surface area contributed by atoms with Crippen LogP contribution in [0.5, 0.6) is 0 Å². The molecule has 21 heavy (non-hydrogen) atoms. The highest BCUT2D eigenvalue weighted by Crippen LogP contribution is 2.42. The molecule has 1 aliphatic rings. The Hall–Kier alpha value is -0.550. The lowest BCUT2D eigenvalue weighted by molar-refractivity contribution is -0.138. The van der Waals surface area contributed by atoms with Crippen LogP contribution in [-0.2, 0) is 6.18 Å². The van der Waals surface area contributed by atoms with Crippen LogP contribution in [0.15, 0.2) is 22.7 Å². The number of alkyl halides is 3. The second-order valence-electron chi connectivity index (χ2n) is 6.36. The van der Waals surface area contributed by atoms with Crippen LogP contribution in [0.2, 0.25) is 0 Å². The van der Waals surface area contributed by atoms with E-state index in [0.717, 1.165) is 25.3 Å². The molecule has 3 unspecified atom stereocenters. The van der Waals surface area contributed by atoms with Gasteiger partial charge in [-0.1, -0.05) is 35.8 Å². The lowest BCUT2D eigenvalue weighted by atomic mass is 9.73. The highest BCUT2D eigenvalue weighted by Gasteiger charge is 2.35. The van der Waals surface area contributed by atoms with E-state index in [1.807, 2.05) is 0 Å². The topological polar surface area (TPSA) is 20.2 Å². The zero-order valence-corrected chi connectivity index (χ0v) is 13.7. The molecule has 2 rings (SSSR count). The van der Waals surface area contributed by atoms with Gasteiger partial charge >= 0.3 is 6.18 Å². The average molecular weight is 365 g/mol. The molecule has 118 valence electrons. The first-order valence-electron chi connectivity index (χ1n) is 7.23. The third kappa shape index (κ3) is 4.01. The lowest BCUT2D eigenvalue weighted by Gasteiger charge is -2.34. The van der Waals surface area contributed by atoms with E-state index in [1.165, 1.54) is 6.07 Å². The normalized spacial score (nSPS) is 28.4. The van der Waals surface area contributed by atoms with Gasteiger partial charge < -0.3 is 5.11 Å². The summed E-state index contributed by atoms with van der Waals surface area (Å²) in [7, 11) is 0. The molecule has 0 aliphatic heterocycles. The van der Waals surface area contributed by atoms with E-state index in [2.05, 4.69) is 29.8 Å². The van der Waals surface area contributed by atoms with Crippen molar-refractivity contribution in [2.45, 2.75) is 45.4 Å². The molecule has 1 aromatic carbocycles. The quantitative estimate of drug-likeness (QED) is 0.726. The second-order valence-corrected chi connectivity index (χ2v) is 7.21.